The van der Waals surface area contributed by atoms with Crippen molar-refractivity contribution >= 4 is 15.9 Å². The van der Waals surface area contributed by atoms with Crippen molar-refractivity contribution in [3.63, 3.8) is 0 Å². The molecule has 0 fully saturated rings. The molecule has 0 bridgehead atoms. The van der Waals surface area contributed by atoms with Crippen LogP contribution in [0.1, 0.15) is 24.1 Å². The van der Waals surface area contributed by atoms with Gasteiger partial charge >= 0.3 is 0 Å². The lowest BCUT2D eigenvalue weighted by molar-refractivity contribution is 0.407. The number of nitrogens with zero attached hydrogens (tertiary/aromatic N) is 4. The molecule has 0 aromatic carbocycles. The summed E-state index contributed by atoms with van der Waals surface area (Å²) in [5.74, 6) is 0.653. The van der Waals surface area contributed by atoms with Crippen molar-refractivity contribution in [3.8, 4) is 0 Å². The van der Waals surface area contributed by atoms with Crippen molar-refractivity contribution in [2.24, 2.45) is 0 Å². The minimum absolute atomic E-state index is 0.580. The first-order valence-electron chi connectivity index (χ1n) is 5.40. The topological polar surface area (TPSA) is 68.8 Å². The maximum absolute atomic E-state index is 4.66. The molecule has 2 aromatic heterocycles. The van der Waals surface area contributed by atoms with E-state index in [4.69, 9.17) is 0 Å². The summed E-state index contributed by atoms with van der Waals surface area (Å²) in [6.45, 7) is 6.20. The monoisotopic (exact) mass is 299 g/mol. The smallest absolute Gasteiger partial charge is 0.213 e. The molecule has 0 unspecified atom stereocenters. The SMILES string of the molecule is CCn1nc(C)c(Br)c1CNCc1ncon1. The van der Waals surface area contributed by atoms with Crippen molar-refractivity contribution in [1.29, 1.82) is 0 Å². The molecule has 0 amide bonds. The summed E-state index contributed by atoms with van der Waals surface area (Å²) in [6.07, 6.45) is 1.33. The molecule has 2 aromatic rings. The van der Waals surface area contributed by atoms with Gasteiger partial charge in [-0.3, -0.25) is 4.68 Å². The minimum Gasteiger partial charge on any atom is -0.343 e. The number of aryl methyl sites for hydroxylation is 2. The fraction of sp³-hybridized carbons (Fsp3) is 0.500. The zero-order valence-electron chi connectivity index (χ0n) is 9.77. The zero-order valence-corrected chi connectivity index (χ0v) is 11.4. The molecular formula is C10H14BrN5O. The molecule has 2 heterocycles. The normalized spacial score (nSPS) is 11.0. The van der Waals surface area contributed by atoms with Crippen LogP contribution < -0.4 is 5.32 Å². The molecule has 92 valence electrons. The predicted octanol–water partition coefficient (Wildman–Crippen LogP) is 1.65. The lowest BCUT2D eigenvalue weighted by Crippen LogP contribution is -2.17. The zero-order chi connectivity index (χ0) is 12.3. The van der Waals surface area contributed by atoms with Crippen LogP contribution in [-0.4, -0.2) is 19.9 Å². The van der Waals surface area contributed by atoms with Gasteiger partial charge < -0.3 is 9.84 Å². The fourth-order valence-electron chi connectivity index (χ4n) is 1.60. The highest BCUT2D eigenvalue weighted by atomic mass is 79.9. The Balaban J connectivity index is 1.98. The van der Waals surface area contributed by atoms with Crippen LogP contribution in [0.4, 0.5) is 0 Å². The molecule has 0 atom stereocenters. The van der Waals surface area contributed by atoms with Gasteiger partial charge in [-0.15, -0.1) is 0 Å². The van der Waals surface area contributed by atoms with Gasteiger partial charge in [0.2, 0.25) is 6.39 Å². The van der Waals surface area contributed by atoms with Crippen molar-refractivity contribution in [1.82, 2.24) is 25.2 Å². The van der Waals surface area contributed by atoms with Gasteiger partial charge in [-0.1, -0.05) is 5.16 Å². The van der Waals surface area contributed by atoms with Gasteiger partial charge in [-0.25, -0.2) is 0 Å². The molecular weight excluding hydrogens is 286 g/mol. The van der Waals surface area contributed by atoms with E-state index >= 15 is 0 Å². The summed E-state index contributed by atoms with van der Waals surface area (Å²) in [7, 11) is 0. The number of hydrogen-bond acceptors (Lipinski definition) is 5. The Kier molecular flexibility index (Phi) is 3.90. The second kappa shape index (κ2) is 5.42. The third-order valence-corrected chi connectivity index (χ3v) is 3.47. The van der Waals surface area contributed by atoms with E-state index in [0.717, 1.165) is 22.4 Å². The Bertz CT molecular complexity index is 479. The van der Waals surface area contributed by atoms with E-state index in [9.17, 15) is 0 Å². The lowest BCUT2D eigenvalue weighted by Gasteiger charge is -2.05. The van der Waals surface area contributed by atoms with E-state index in [0.29, 0.717) is 18.9 Å². The van der Waals surface area contributed by atoms with Crippen LogP contribution in [-0.2, 0) is 19.6 Å². The van der Waals surface area contributed by atoms with Crippen molar-refractivity contribution in [3.05, 3.63) is 28.1 Å². The maximum atomic E-state index is 4.66. The number of aromatic nitrogens is 4. The Hall–Kier alpha value is -1.21. The van der Waals surface area contributed by atoms with Crippen LogP contribution in [0, 0.1) is 6.92 Å². The van der Waals surface area contributed by atoms with Crippen LogP contribution in [0.5, 0.6) is 0 Å². The third-order valence-electron chi connectivity index (χ3n) is 2.44. The van der Waals surface area contributed by atoms with E-state index in [1.165, 1.54) is 6.39 Å². The molecule has 0 aliphatic carbocycles. The maximum Gasteiger partial charge on any atom is 0.213 e. The summed E-state index contributed by atoms with van der Waals surface area (Å²) >= 11 is 3.55. The molecule has 6 nitrogen and oxygen atoms in total. The van der Waals surface area contributed by atoms with E-state index in [1.807, 2.05) is 11.6 Å². The second-order valence-corrected chi connectivity index (χ2v) is 4.41. The highest BCUT2D eigenvalue weighted by Gasteiger charge is 2.11. The van der Waals surface area contributed by atoms with Crippen molar-refractivity contribution < 1.29 is 4.52 Å². The van der Waals surface area contributed by atoms with E-state index in [2.05, 4.69) is 47.9 Å². The summed E-state index contributed by atoms with van der Waals surface area (Å²) < 4.78 is 7.69. The molecule has 1 N–H and O–H groups in total. The second-order valence-electron chi connectivity index (χ2n) is 3.61. The van der Waals surface area contributed by atoms with E-state index in [1.54, 1.807) is 0 Å². The Morgan fingerprint density at radius 1 is 1.47 bits per heavy atom. The van der Waals surface area contributed by atoms with Gasteiger partial charge in [0.1, 0.15) is 0 Å². The Labute approximate surface area is 108 Å². The molecule has 0 spiro atoms. The Morgan fingerprint density at radius 2 is 2.29 bits per heavy atom. The standard InChI is InChI=1S/C10H14BrN5O/c1-3-16-8(10(11)7(2)14-16)4-12-5-9-13-6-17-15-9/h6,12H,3-5H2,1-2H3. The lowest BCUT2D eigenvalue weighted by atomic mass is 10.3. The summed E-state index contributed by atoms with van der Waals surface area (Å²) in [6, 6.07) is 0. The molecule has 0 saturated heterocycles. The first-order chi connectivity index (χ1) is 8.22. The van der Waals surface area contributed by atoms with E-state index in [-0.39, 0.29) is 0 Å². The molecule has 0 radical (unpaired) electrons. The quantitative estimate of drug-likeness (QED) is 0.909. The first kappa shape index (κ1) is 12.3. The van der Waals surface area contributed by atoms with Crippen molar-refractivity contribution in [2.75, 3.05) is 0 Å². The van der Waals surface area contributed by atoms with Crippen LogP contribution in [0.25, 0.3) is 0 Å². The number of rotatable bonds is 5. The average Bonchev–Trinajstić information content (AvgIpc) is 2.92. The highest BCUT2D eigenvalue weighted by molar-refractivity contribution is 9.10. The highest BCUT2D eigenvalue weighted by Crippen LogP contribution is 2.20. The van der Waals surface area contributed by atoms with Gasteiger partial charge in [0.25, 0.3) is 0 Å². The molecule has 2 rings (SSSR count). The van der Waals surface area contributed by atoms with Gasteiger partial charge in [0.05, 0.1) is 22.4 Å². The fourth-order valence-corrected chi connectivity index (χ4v) is 2.03. The van der Waals surface area contributed by atoms with Crippen LogP contribution in [0.15, 0.2) is 15.4 Å². The molecule has 17 heavy (non-hydrogen) atoms. The van der Waals surface area contributed by atoms with E-state index < -0.39 is 0 Å². The Morgan fingerprint density at radius 3 is 2.94 bits per heavy atom. The minimum atomic E-state index is 0.580. The number of hydrogen-bond donors (Lipinski definition) is 1. The number of halogens is 1. The first-order valence-corrected chi connectivity index (χ1v) is 6.19. The molecule has 7 heteroatoms. The van der Waals surface area contributed by atoms with Crippen LogP contribution in [0.3, 0.4) is 0 Å². The summed E-state index contributed by atoms with van der Waals surface area (Å²) in [5, 5.41) is 11.4. The van der Waals surface area contributed by atoms with Gasteiger partial charge in [-0.2, -0.15) is 10.1 Å². The predicted molar refractivity (Wildman–Crippen MR) is 65.2 cm³/mol. The van der Waals surface area contributed by atoms with Gasteiger partial charge in [0.15, 0.2) is 5.82 Å². The van der Waals surface area contributed by atoms with Crippen LogP contribution in [0.2, 0.25) is 0 Å². The average molecular weight is 300 g/mol. The molecule has 0 saturated carbocycles. The molecule has 0 aliphatic heterocycles. The summed E-state index contributed by atoms with van der Waals surface area (Å²) in [4.78, 5) is 3.94. The van der Waals surface area contributed by atoms with Crippen molar-refractivity contribution in [2.45, 2.75) is 33.5 Å². The largest absolute Gasteiger partial charge is 0.343 e. The summed E-state index contributed by atoms with van der Waals surface area (Å²) in [5.41, 5.74) is 2.14. The van der Waals surface area contributed by atoms with Gasteiger partial charge in [-0.05, 0) is 29.8 Å². The number of nitrogens with one attached hydrogen (secondary N) is 1. The van der Waals surface area contributed by atoms with Crippen LogP contribution >= 0.6 is 15.9 Å². The van der Waals surface area contributed by atoms with Gasteiger partial charge in [0, 0.05) is 13.1 Å². The third kappa shape index (κ3) is 2.73. The molecule has 0 aliphatic rings.